The smallest absolute Gasteiger partial charge is 0.365 e. The predicted octanol–water partition coefficient (Wildman–Crippen LogP) is 2.17. The second kappa shape index (κ2) is 8.05. The Labute approximate surface area is 158 Å². The van der Waals surface area contributed by atoms with Gasteiger partial charge in [-0.1, -0.05) is 60.7 Å². The molecule has 2 aliphatic rings. The summed E-state index contributed by atoms with van der Waals surface area (Å²) in [5.41, 5.74) is 1.93. The van der Waals surface area contributed by atoms with Crippen LogP contribution in [0.2, 0.25) is 0 Å². The first-order valence-electron chi connectivity index (χ1n) is 8.65. The minimum Gasteiger partial charge on any atom is -0.365 e. The van der Waals surface area contributed by atoms with E-state index in [9.17, 15) is 8.42 Å². The van der Waals surface area contributed by atoms with Gasteiger partial charge in [-0.05, 0) is 11.1 Å². The van der Waals surface area contributed by atoms with E-state index in [4.69, 9.17) is 22.6 Å². The molecule has 4 rings (SSSR count). The fourth-order valence-electron chi connectivity index (χ4n) is 3.09. The van der Waals surface area contributed by atoms with Crippen molar-refractivity contribution in [2.24, 2.45) is 0 Å². The van der Waals surface area contributed by atoms with E-state index in [1.54, 1.807) is 0 Å². The van der Waals surface area contributed by atoms with Gasteiger partial charge in [0.15, 0.2) is 6.29 Å². The highest BCUT2D eigenvalue weighted by Gasteiger charge is 2.52. The predicted molar refractivity (Wildman–Crippen MR) is 94.7 cm³/mol. The molecule has 2 saturated heterocycles. The molecule has 0 saturated carbocycles. The zero-order chi connectivity index (χ0) is 18.7. The Morgan fingerprint density at radius 1 is 0.889 bits per heavy atom. The summed E-state index contributed by atoms with van der Waals surface area (Å²) < 4.78 is 50.9. The molecule has 27 heavy (non-hydrogen) atoms. The molecule has 7 nitrogen and oxygen atoms in total. The minimum absolute atomic E-state index is 0.122. The van der Waals surface area contributed by atoms with Crippen molar-refractivity contribution in [1.29, 1.82) is 0 Å². The lowest BCUT2D eigenvalue weighted by molar-refractivity contribution is -0.186. The maximum atomic E-state index is 11.7. The normalized spacial score (nSPS) is 29.3. The second-order valence-corrected chi connectivity index (χ2v) is 7.60. The lowest BCUT2D eigenvalue weighted by Crippen LogP contribution is -2.45. The van der Waals surface area contributed by atoms with E-state index in [1.807, 2.05) is 60.7 Å². The summed E-state index contributed by atoms with van der Waals surface area (Å²) in [6.07, 6.45) is -2.85. The first-order chi connectivity index (χ1) is 13.1. The zero-order valence-electron chi connectivity index (χ0n) is 14.5. The van der Waals surface area contributed by atoms with Crippen LogP contribution in [0, 0.1) is 0 Å². The monoisotopic (exact) mass is 392 g/mol. The highest BCUT2D eigenvalue weighted by molar-refractivity contribution is 7.81. The molecule has 0 aromatic heterocycles. The van der Waals surface area contributed by atoms with Gasteiger partial charge in [-0.2, -0.15) is 8.42 Å². The van der Waals surface area contributed by atoms with Crippen LogP contribution in [0.25, 0.3) is 0 Å². The minimum atomic E-state index is -4.06. The first-order valence-corrected chi connectivity index (χ1v) is 9.98. The highest BCUT2D eigenvalue weighted by atomic mass is 32.3. The Morgan fingerprint density at radius 2 is 1.48 bits per heavy atom. The van der Waals surface area contributed by atoms with Crippen LogP contribution in [-0.2, 0) is 46.2 Å². The maximum Gasteiger partial charge on any atom is 0.400 e. The number of benzene rings is 2. The summed E-state index contributed by atoms with van der Waals surface area (Å²) in [5.74, 6) is 0. The summed E-state index contributed by atoms with van der Waals surface area (Å²) in [5, 5.41) is 0. The summed E-state index contributed by atoms with van der Waals surface area (Å²) in [7, 11) is -4.06. The van der Waals surface area contributed by atoms with Crippen LogP contribution in [0.4, 0.5) is 0 Å². The standard InChI is InChI=1S/C19H20O7S/c20-27(21)24-13-16-17(26-27)18(22-11-14-7-3-1-4-8-14)19(25-16)23-12-15-9-5-2-6-10-15/h1-10,16-19H,11-13H2/t16-,17-,18+,19+/m1/s1. The fraction of sp³-hybridized carbons (Fsp3) is 0.368. The number of hydrogen-bond acceptors (Lipinski definition) is 7. The van der Waals surface area contributed by atoms with Gasteiger partial charge in [-0.15, -0.1) is 0 Å². The van der Waals surface area contributed by atoms with Crippen LogP contribution < -0.4 is 0 Å². The summed E-state index contributed by atoms with van der Waals surface area (Å²) in [6, 6.07) is 19.2. The van der Waals surface area contributed by atoms with E-state index >= 15 is 0 Å². The SMILES string of the molecule is O=S1(=O)OC[C@H]2O[C@H](OCc3ccccc3)[C@@H](OCc3ccccc3)[C@@H]2O1. The fourth-order valence-corrected chi connectivity index (χ4v) is 3.95. The largest absolute Gasteiger partial charge is 0.400 e. The van der Waals surface area contributed by atoms with E-state index in [-0.39, 0.29) is 13.2 Å². The molecule has 2 fully saturated rings. The molecule has 0 N–H and O–H groups in total. The molecule has 2 aromatic carbocycles. The Kier molecular flexibility index (Phi) is 5.53. The van der Waals surface area contributed by atoms with Crippen LogP contribution in [0.5, 0.6) is 0 Å². The molecule has 2 aliphatic heterocycles. The van der Waals surface area contributed by atoms with Gasteiger partial charge in [-0.25, -0.2) is 8.37 Å². The maximum absolute atomic E-state index is 11.7. The molecule has 2 aromatic rings. The van der Waals surface area contributed by atoms with Crippen molar-refractivity contribution in [3.63, 3.8) is 0 Å². The highest BCUT2D eigenvalue weighted by Crippen LogP contribution is 2.33. The number of rotatable bonds is 6. The molecule has 144 valence electrons. The van der Waals surface area contributed by atoms with Crippen LogP contribution in [0.3, 0.4) is 0 Å². The Balaban J connectivity index is 1.47. The third-order valence-electron chi connectivity index (χ3n) is 4.42. The van der Waals surface area contributed by atoms with Crippen LogP contribution in [0.1, 0.15) is 11.1 Å². The van der Waals surface area contributed by atoms with Crippen molar-refractivity contribution in [3.05, 3.63) is 71.8 Å². The van der Waals surface area contributed by atoms with Crippen molar-refractivity contribution < 1.29 is 31.0 Å². The van der Waals surface area contributed by atoms with Crippen molar-refractivity contribution >= 4 is 10.4 Å². The Hall–Kier alpha value is -1.81. The van der Waals surface area contributed by atoms with Gasteiger partial charge in [0.05, 0.1) is 19.8 Å². The lowest BCUT2D eigenvalue weighted by atomic mass is 10.1. The molecule has 0 spiro atoms. The molecular weight excluding hydrogens is 372 g/mol. The van der Waals surface area contributed by atoms with E-state index in [2.05, 4.69) is 0 Å². The number of ether oxygens (including phenoxy) is 3. The van der Waals surface area contributed by atoms with Gasteiger partial charge in [0.25, 0.3) is 0 Å². The van der Waals surface area contributed by atoms with Crippen molar-refractivity contribution in [2.45, 2.75) is 37.8 Å². The summed E-state index contributed by atoms with van der Waals surface area (Å²) >= 11 is 0. The molecule has 0 bridgehead atoms. The Bertz CT molecular complexity index is 841. The van der Waals surface area contributed by atoms with Crippen LogP contribution >= 0.6 is 0 Å². The van der Waals surface area contributed by atoms with Crippen molar-refractivity contribution in [2.75, 3.05) is 6.61 Å². The van der Waals surface area contributed by atoms with Gasteiger partial charge >= 0.3 is 10.4 Å². The second-order valence-electron chi connectivity index (χ2n) is 6.35. The molecule has 8 heteroatoms. The van der Waals surface area contributed by atoms with Crippen LogP contribution in [0.15, 0.2) is 60.7 Å². The lowest BCUT2D eigenvalue weighted by Gasteiger charge is -2.26. The molecular formula is C19H20O7S. The Morgan fingerprint density at radius 3 is 2.11 bits per heavy atom. The van der Waals surface area contributed by atoms with E-state index in [1.165, 1.54) is 0 Å². The quantitative estimate of drug-likeness (QED) is 0.745. The molecule has 2 heterocycles. The summed E-state index contributed by atoms with van der Waals surface area (Å²) in [4.78, 5) is 0. The summed E-state index contributed by atoms with van der Waals surface area (Å²) in [6.45, 7) is 0.473. The third kappa shape index (κ3) is 4.55. The van der Waals surface area contributed by atoms with Crippen LogP contribution in [-0.4, -0.2) is 39.6 Å². The number of hydrogen-bond donors (Lipinski definition) is 0. The molecule has 0 amide bonds. The topological polar surface area (TPSA) is 80.3 Å². The van der Waals surface area contributed by atoms with E-state index in [0.717, 1.165) is 11.1 Å². The first kappa shape index (κ1) is 18.5. The third-order valence-corrected chi connectivity index (χ3v) is 5.30. The average molecular weight is 392 g/mol. The molecule has 0 unspecified atom stereocenters. The van der Waals surface area contributed by atoms with E-state index < -0.39 is 35.0 Å². The molecule has 4 atom stereocenters. The number of fused-ring (bicyclic) bond motifs is 1. The van der Waals surface area contributed by atoms with E-state index in [0.29, 0.717) is 6.61 Å². The molecule has 0 radical (unpaired) electrons. The van der Waals surface area contributed by atoms with Gasteiger partial charge in [0.1, 0.15) is 18.3 Å². The van der Waals surface area contributed by atoms with Crippen molar-refractivity contribution in [1.82, 2.24) is 0 Å². The molecule has 0 aliphatic carbocycles. The van der Waals surface area contributed by atoms with Gasteiger partial charge in [0, 0.05) is 0 Å². The average Bonchev–Trinajstić information content (AvgIpc) is 3.02. The van der Waals surface area contributed by atoms with Gasteiger partial charge in [0.2, 0.25) is 0 Å². The van der Waals surface area contributed by atoms with Crippen molar-refractivity contribution in [3.8, 4) is 0 Å². The van der Waals surface area contributed by atoms with Gasteiger partial charge in [-0.3, -0.25) is 0 Å². The van der Waals surface area contributed by atoms with Gasteiger partial charge < -0.3 is 14.2 Å². The zero-order valence-corrected chi connectivity index (χ0v) is 15.3.